The Bertz CT molecular complexity index is 1150. The molecule has 7 heteroatoms. The van der Waals surface area contributed by atoms with Gasteiger partial charge in [-0.15, -0.1) is 0 Å². The number of ether oxygens (including phenoxy) is 2. The van der Waals surface area contributed by atoms with Gasteiger partial charge in [-0.05, 0) is 48.2 Å². The highest BCUT2D eigenvalue weighted by Gasteiger charge is 2.22. The van der Waals surface area contributed by atoms with Crippen LogP contribution in [0.15, 0.2) is 72.9 Å². The molecule has 0 unspecified atom stereocenters. The van der Waals surface area contributed by atoms with Crippen LogP contribution < -0.4 is 4.74 Å². The van der Waals surface area contributed by atoms with Gasteiger partial charge >= 0.3 is 0 Å². The van der Waals surface area contributed by atoms with Gasteiger partial charge in [-0.25, -0.2) is 0 Å². The van der Waals surface area contributed by atoms with E-state index in [1.165, 1.54) is 0 Å². The average Bonchev–Trinajstić information content (AvgIpc) is 3.39. The van der Waals surface area contributed by atoms with E-state index in [4.69, 9.17) is 9.47 Å². The summed E-state index contributed by atoms with van der Waals surface area (Å²) >= 11 is 0. The van der Waals surface area contributed by atoms with Crippen LogP contribution in [0.25, 0.3) is 0 Å². The Kier molecular flexibility index (Phi) is 12.6. The Morgan fingerprint density at radius 1 is 0.821 bits per heavy atom. The quantitative estimate of drug-likeness (QED) is 0.214. The SMILES string of the molecule is CCCCCC(=O)N(CCCOC)CC(=O)N(Cc1ccccc1)Cc1cccn1Cc1cccc(OC)c1. The zero-order valence-electron chi connectivity index (χ0n) is 23.7. The lowest BCUT2D eigenvalue weighted by molar-refractivity contribution is -0.141. The van der Waals surface area contributed by atoms with E-state index in [-0.39, 0.29) is 18.4 Å². The Balaban J connectivity index is 1.78. The average molecular weight is 534 g/mol. The minimum atomic E-state index is -0.0609. The summed E-state index contributed by atoms with van der Waals surface area (Å²) in [5.74, 6) is 0.794. The molecule has 0 aliphatic heterocycles. The largest absolute Gasteiger partial charge is 0.497 e. The summed E-state index contributed by atoms with van der Waals surface area (Å²) in [5, 5.41) is 0. The molecular formula is C32H43N3O4. The van der Waals surface area contributed by atoms with Crippen LogP contribution in [0.2, 0.25) is 0 Å². The lowest BCUT2D eigenvalue weighted by Gasteiger charge is -2.28. The number of methoxy groups -OCH3 is 2. The van der Waals surface area contributed by atoms with Crippen molar-refractivity contribution in [2.75, 3.05) is 33.9 Å². The monoisotopic (exact) mass is 533 g/mol. The fourth-order valence-corrected chi connectivity index (χ4v) is 4.59. The third kappa shape index (κ3) is 9.91. The number of amides is 2. The number of carbonyl (C=O) groups excluding carboxylic acids is 2. The Morgan fingerprint density at radius 3 is 2.36 bits per heavy atom. The van der Waals surface area contributed by atoms with E-state index in [1.807, 2.05) is 65.7 Å². The van der Waals surface area contributed by atoms with Gasteiger partial charge in [-0.1, -0.05) is 62.2 Å². The number of nitrogens with zero attached hydrogens (tertiary/aromatic N) is 3. The van der Waals surface area contributed by atoms with Crippen molar-refractivity contribution in [3.05, 3.63) is 89.7 Å². The molecule has 0 radical (unpaired) electrons. The van der Waals surface area contributed by atoms with Crippen LogP contribution in [0, 0.1) is 0 Å². The molecule has 7 nitrogen and oxygen atoms in total. The zero-order chi connectivity index (χ0) is 27.9. The molecule has 3 rings (SSSR count). The highest BCUT2D eigenvalue weighted by atomic mass is 16.5. The lowest BCUT2D eigenvalue weighted by atomic mass is 10.1. The molecule has 0 atom stereocenters. The smallest absolute Gasteiger partial charge is 0.242 e. The standard InChI is InChI=1S/C32H43N3O4/c1-4-5-7-18-31(36)34(20-12-21-38-2)26-32(37)35(23-27-13-8-6-9-14-27)25-29-16-11-19-33(29)24-28-15-10-17-30(22-28)39-3/h6,8-11,13-17,19,22H,4-5,7,12,18,20-21,23-26H2,1-3H3. The maximum Gasteiger partial charge on any atom is 0.242 e. The number of hydrogen-bond acceptors (Lipinski definition) is 4. The van der Waals surface area contributed by atoms with E-state index < -0.39 is 0 Å². The maximum absolute atomic E-state index is 13.8. The van der Waals surface area contributed by atoms with Gasteiger partial charge in [0.2, 0.25) is 11.8 Å². The third-order valence-electron chi connectivity index (χ3n) is 6.78. The van der Waals surface area contributed by atoms with E-state index in [1.54, 1.807) is 19.1 Å². The molecule has 0 spiro atoms. The van der Waals surface area contributed by atoms with Gasteiger partial charge in [0.15, 0.2) is 0 Å². The van der Waals surface area contributed by atoms with Crippen molar-refractivity contribution in [2.24, 2.45) is 0 Å². The number of carbonyl (C=O) groups is 2. The van der Waals surface area contributed by atoms with Gasteiger partial charge in [0.05, 0.1) is 20.2 Å². The fourth-order valence-electron chi connectivity index (χ4n) is 4.59. The van der Waals surface area contributed by atoms with Crippen LogP contribution in [0.4, 0.5) is 0 Å². The first-order chi connectivity index (χ1) is 19.0. The second-order valence-electron chi connectivity index (χ2n) is 9.83. The van der Waals surface area contributed by atoms with Crippen molar-refractivity contribution in [1.82, 2.24) is 14.4 Å². The lowest BCUT2D eigenvalue weighted by Crippen LogP contribution is -2.43. The molecule has 0 N–H and O–H groups in total. The van der Waals surface area contributed by atoms with Crippen molar-refractivity contribution in [1.29, 1.82) is 0 Å². The van der Waals surface area contributed by atoms with Crippen molar-refractivity contribution >= 4 is 11.8 Å². The Hall–Kier alpha value is -3.58. The molecule has 0 aliphatic rings. The van der Waals surface area contributed by atoms with Crippen molar-refractivity contribution in [3.8, 4) is 5.75 Å². The highest BCUT2D eigenvalue weighted by molar-refractivity contribution is 5.84. The fraction of sp³-hybridized carbons (Fsp3) is 0.438. The molecular weight excluding hydrogens is 490 g/mol. The van der Waals surface area contributed by atoms with Gasteiger partial charge in [0.1, 0.15) is 5.75 Å². The minimum Gasteiger partial charge on any atom is -0.497 e. The summed E-state index contributed by atoms with van der Waals surface area (Å²) in [6.45, 7) is 4.84. The van der Waals surface area contributed by atoms with Gasteiger partial charge in [-0.3, -0.25) is 9.59 Å². The first-order valence-corrected chi connectivity index (χ1v) is 13.9. The van der Waals surface area contributed by atoms with E-state index in [9.17, 15) is 9.59 Å². The number of unbranched alkanes of at least 4 members (excludes halogenated alkanes) is 2. The molecule has 1 aromatic heterocycles. The van der Waals surface area contributed by atoms with Crippen LogP contribution in [-0.2, 0) is 34.0 Å². The maximum atomic E-state index is 13.8. The molecule has 0 aliphatic carbocycles. The molecule has 3 aromatic rings. The first kappa shape index (κ1) is 30.0. The van der Waals surface area contributed by atoms with Crippen LogP contribution in [0.3, 0.4) is 0 Å². The van der Waals surface area contributed by atoms with E-state index >= 15 is 0 Å². The topological polar surface area (TPSA) is 64.0 Å². The molecule has 2 amide bonds. The number of hydrogen-bond donors (Lipinski definition) is 0. The molecule has 0 saturated heterocycles. The second kappa shape index (κ2) is 16.4. The summed E-state index contributed by atoms with van der Waals surface area (Å²) < 4.78 is 12.8. The third-order valence-corrected chi connectivity index (χ3v) is 6.78. The van der Waals surface area contributed by atoms with Crippen LogP contribution in [0.1, 0.15) is 55.8 Å². The van der Waals surface area contributed by atoms with Gasteiger partial charge in [0, 0.05) is 51.7 Å². The number of rotatable bonds is 17. The molecule has 0 fully saturated rings. The Labute approximate surface area is 233 Å². The molecule has 210 valence electrons. The summed E-state index contributed by atoms with van der Waals surface area (Å²) in [5.41, 5.74) is 3.20. The normalized spacial score (nSPS) is 10.8. The summed E-state index contributed by atoms with van der Waals surface area (Å²) in [4.78, 5) is 30.4. The van der Waals surface area contributed by atoms with E-state index in [0.29, 0.717) is 45.6 Å². The number of benzene rings is 2. The molecule has 2 aromatic carbocycles. The van der Waals surface area contributed by atoms with E-state index in [0.717, 1.165) is 41.8 Å². The van der Waals surface area contributed by atoms with Crippen molar-refractivity contribution in [3.63, 3.8) is 0 Å². The highest BCUT2D eigenvalue weighted by Crippen LogP contribution is 2.17. The number of aromatic nitrogens is 1. The molecule has 39 heavy (non-hydrogen) atoms. The minimum absolute atomic E-state index is 0.0361. The van der Waals surface area contributed by atoms with Crippen LogP contribution in [0.5, 0.6) is 5.75 Å². The van der Waals surface area contributed by atoms with E-state index in [2.05, 4.69) is 23.6 Å². The van der Waals surface area contributed by atoms with Gasteiger partial charge < -0.3 is 23.8 Å². The first-order valence-electron chi connectivity index (χ1n) is 13.9. The van der Waals surface area contributed by atoms with Gasteiger partial charge in [-0.2, -0.15) is 0 Å². The zero-order valence-corrected chi connectivity index (χ0v) is 23.7. The summed E-state index contributed by atoms with van der Waals surface area (Å²) in [7, 11) is 3.32. The second-order valence-corrected chi connectivity index (χ2v) is 9.83. The molecule has 0 saturated carbocycles. The molecule has 1 heterocycles. The van der Waals surface area contributed by atoms with Crippen molar-refractivity contribution < 1.29 is 19.1 Å². The summed E-state index contributed by atoms with van der Waals surface area (Å²) in [6.07, 6.45) is 6.11. The Morgan fingerprint density at radius 2 is 1.62 bits per heavy atom. The molecule has 0 bridgehead atoms. The summed E-state index contributed by atoms with van der Waals surface area (Å²) in [6, 6.07) is 22.1. The van der Waals surface area contributed by atoms with Crippen LogP contribution in [-0.4, -0.2) is 60.1 Å². The van der Waals surface area contributed by atoms with Crippen LogP contribution >= 0.6 is 0 Å². The van der Waals surface area contributed by atoms with Crippen molar-refractivity contribution in [2.45, 2.75) is 58.7 Å². The predicted octanol–water partition coefficient (Wildman–Crippen LogP) is 5.52. The predicted molar refractivity (Wildman–Crippen MR) is 154 cm³/mol. The van der Waals surface area contributed by atoms with Gasteiger partial charge in [0.25, 0.3) is 0 Å².